The van der Waals surface area contributed by atoms with Gasteiger partial charge in [-0.1, -0.05) is 263 Å². The molecular weight excluding hydrogens is 1620 g/mol. The molecule has 0 amide bonds. The average molecular weight is 1730 g/mol. The minimum atomic E-state index is -3.92. The second kappa shape index (κ2) is 36.1. The lowest BCUT2D eigenvalue weighted by molar-refractivity contribution is -0.597. The van der Waals surface area contributed by atoms with Crippen LogP contribution in [0.15, 0.2) is 194 Å². The highest BCUT2D eigenvalue weighted by Gasteiger charge is 2.25. The number of hydrogen-bond donors (Lipinski definition) is 0. The first kappa shape index (κ1) is 86.4. The highest BCUT2D eigenvalue weighted by Crippen LogP contribution is 2.27. The topological polar surface area (TPSA) is 57.2 Å². The molecule has 0 saturated carbocycles. The summed E-state index contributed by atoms with van der Waals surface area (Å²) in [6.07, 6.45) is 0.604. The molecule has 0 atom stereocenters. The van der Waals surface area contributed by atoms with Crippen LogP contribution in [0.2, 0.25) is 0 Å². The minimum absolute atomic E-state index is 0. The maximum atomic E-state index is 9.08. The van der Waals surface area contributed by atoms with Crippen LogP contribution in [0.1, 0.15) is 211 Å². The molecule has 0 radical (unpaired) electrons. The van der Waals surface area contributed by atoms with Gasteiger partial charge in [-0.25, -0.2) is 8.42 Å². The number of halogens is 7. The van der Waals surface area contributed by atoms with Crippen LogP contribution < -0.4 is 98.9 Å². The third kappa shape index (κ3) is 32.0. The fourth-order valence-electron chi connectivity index (χ4n) is 8.61. The normalized spacial score (nSPS) is 12.0. The van der Waals surface area contributed by atoms with Crippen LogP contribution in [0, 0.1) is 28.6 Å². The molecule has 0 unspecified atom stereocenters. The second-order valence-electron chi connectivity index (χ2n) is 31.1. The summed E-state index contributed by atoms with van der Waals surface area (Å²) in [4.78, 5) is 0. The molecule has 11 heteroatoms. The molecule has 0 spiro atoms. The van der Waals surface area contributed by atoms with Gasteiger partial charge in [0.1, 0.15) is 0 Å². The van der Waals surface area contributed by atoms with Crippen molar-refractivity contribution in [1.29, 1.82) is 0 Å². The van der Waals surface area contributed by atoms with Gasteiger partial charge in [0, 0.05) is 6.26 Å². The van der Waals surface area contributed by atoms with E-state index in [0.29, 0.717) is 6.26 Å². The molecule has 0 heterocycles. The van der Waals surface area contributed by atoms with Gasteiger partial charge in [0.05, 0.1) is 10.1 Å². The third-order valence-electron chi connectivity index (χ3n) is 14.6. The van der Waals surface area contributed by atoms with E-state index >= 15 is 0 Å². The van der Waals surface area contributed by atoms with E-state index in [1.165, 1.54) is 73.1 Å². The number of rotatable bonds is 8. The Kier molecular flexibility index (Phi) is 33.9. The molecule has 8 aromatic rings. The predicted octanol–water partition coefficient (Wildman–Crippen LogP) is -0.187. The molecule has 8 aromatic carbocycles. The van der Waals surface area contributed by atoms with Crippen molar-refractivity contribution in [2.75, 3.05) is 6.26 Å². The summed E-state index contributed by atoms with van der Waals surface area (Å²) in [6, 6.07) is 73.6. The molecule has 3 nitrogen and oxygen atoms in total. The zero-order valence-corrected chi connectivity index (χ0v) is 69.2. The monoisotopic (exact) mass is 1720 g/mol. The van der Waals surface area contributed by atoms with E-state index in [-0.39, 0.29) is 142 Å². The molecule has 0 fully saturated rings. The Bertz CT molecular complexity index is 2830. The van der Waals surface area contributed by atoms with Crippen LogP contribution in [0.4, 0.5) is 0 Å². The van der Waals surface area contributed by atoms with E-state index in [1.54, 1.807) is 0 Å². The van der Waals surface area contributed by atoms with Crippen LogP contribution in [0.3, 0.4) is 0 Å². The Morgan fingerprint density at radius 2 is 0.272 bits per heavy atom. The van der Waals surface area contributed by atoms with Crippen LogP contribution >= 0.6 is 0 Å². The largest absolute Gasteiger partial charge is 1.00 e. The Morgan fingerprint density at radius 1 is 0.207 bits per heavy atom. The third-order valence-corrected chi connectivity index (χ3v) is 25.3. The zero-order chi connectivity index (χ0) is 67.2. The number of benzene rings is 8. The molecule has 0 aliphatic rings. The summed E-state index contributed by atoms with van der Waals surface area (Å²) in [7, 11) is -3.92. The summed E-state index contributed by atoms with van der Waals surface area (Å²) in [5.74, 6) is 0. The van der Waals surface area contributed by atoms with Gasteiger partial charge in [-0.2, -0.15) is 0 Å². The van der Waals surface area contributed by atoms with Crippen LogP contribution in [-0.4, -0.2) is 19.2 Å². The second-order valence-corrected chi connectivity index (χ2v) is 44.7. The lowest BCUT2D eigenvalue weighted by atomic mass is 9.87. The first-order valence-electron chi connectivity index (χ1n) is 31.0. The fourth-order valence-corrected chi connectivity index (χ4v) is 17.2. The number of hydrogen-bond acceptors (Lipinski definition) is 3. The first-order chi connectivity index (χ1) is 40.6. The quantitative estimate of drug-likeness (QED) is 0.157. The zero-order valence-electron chi connectivity index (χ0n) is 59.8. The summed E-state index contributed by atoms with van der Waals surface area (Å²) >= 11 is -0.281. The van der Waals surface area contributed by atoms with Gasteiger partial charge in [-0.05, 0) is 185 Å². The van der Waals surface area contributed by atoms with Crippen molar-refractivity contribution in [3.05, 3.63) is 267 Å². The van der Waals surface area contributed by atoms with E-state index in [0.717, 1.165) is 0 Å². The molecule has 92 heavy (non-hydrogen) atoms. The average Bonchev–Trinajstić information content (AvgIpc) is 1.53. The lowest BCUT2D eigenvalue weighted by Crippen LogP contribution is -3.61. The van der Waals surface area contributed by atoms with Gasteiger partial charge in [0.2, 0.25) is 0 Å². The Balaban J connectivity index is 0.000000591. The molecule has 0 bridgehead atoms. The van der Waals surface area contributed by atoms with Crippen molar-refractivity contribution in [2.24, 2.45) is 0 Å². The van der Waals surface area contributed by atoms with Gasteiger partial charge >= 0.3 is 84.8 Å². The van der Waals surface area contributed by atoms with Crippen LogP contribution in [0.25, 0.3) is 0 Å². The summed E-state index contributed by atoms with van der Waals surface area (Å²) < 4.78 is 39.2. The standard InChI is InChI=1S/4C20H26I.CH4O3S.3FH/c4*1-19(2,3)15-7-11-17(12-8-15)21-18-13-9-16(10-14-18)20(4,5)6;1-5(2,3)4;;;/h4*7-14H,1-6H3;1H3,(H,2,3,4);3*1H/q4*+1;;;;/p-4. The van der Waals surface area contributed by atoms with Crippen molar-refractivity contribution in [1.82, 2.24) is 0 Å². The van der Waals surface area contributed by atoms with Crippen molar-refractivity contribution in [3.63, 3.8) is 0 Å². The Hall–Kier alpha value is -3.62. The minimum Gasteiger partial charge on any atom is -1.00 e. The van der Waals surface area contributed by atoms with E-state index in [9.17, 15) is 0 Å². The first-order valence-corrected chi connectivity index (χ1v) is 41.4. The maximum absolute atomic E-state index is 9.08. The Morgan fingerprint density at radius 3 is 0.326 bits per heavy atom. The molecule has 0 aliphatic carbocycles. The molecule has 8 rings (SSSR count). The van der Waals surface area contributed by atoms with Crippen LogP contribution in [-0.2, 0) is 53.4 Å². The van der Waals surface area contributed by atoms with Crippen molar-refractivity contribution >= 4 is 10.1 Å². The molecular formula is C81H107F3I4O3S. The molecule has 0 aromatic heterocycles. The fraction of sp³-hybridized carbons (Fsp3) is 0.407. The van der Waals surface area contributed by atoms with Crippen molar-refractivity contribution < 1.29 is 112 Å². The van der Waals surface area contributed by atoms with E-state index in [1.807, 2.05) is 0 Å². The van der Waals surface area contributed by atoms with Gasteiger partial charge < -0.3 is 18.7 Å². The molecule has 0 saturated heterocycles. The van der Waals surface area contributed by atoms with E-state index < -0.39 is 10.1 Å². The van der Waals surface area contributed by atoms with Crippen molar-refractivity contribution in [2.45, 2.75) is 209 Å². The smallest absolute Gasteiger partial charge is 0.357 e. The highest BCUT2D eigenvalue weighted by molar-refractivity contribution is 7.84. The van der Waals surface area contributed by atoms with E-state index in [2.05, 4.69) is 360 Å². The van der Waals surface area contributed by atoms with Crippen molar-refractivity contribution in [3.8, 4) is 0 Å². The van der Waals surface area contributed by atoms with Gasteiger partial charge in [-0.15, -0.1) is 0 Å². The van der Waals surface area contributed by atoms with Gasteiger partial charge in [-0.3, -0.25) is 0 Å². The summed E-state index contributed by atoms with van der Waals surface area (Å²) in [5.41, 5.74) is 13.3. The summed E-state index contributed by atoms with van der Waals surface area (Å²) in [6.45, 7) is 54.4. The summed E-state index contributed by atoms with van der Waals surface area (Å²) in [5, 5.41) is 0. The molecule has 0 aliphatic heterocycles. The maximum Gasteiger partial charge on any atom is 0.357 e. The molecule has 504 valence electrons. The van der Waals surface area contributed by atoms with Gasteiger partial charge in [0.25, 0.3) is 0 Å². The van der Waals surface area contributed by atoms with E-state index in [4.69, 9.17) is 13.0 Å². The van der Waals surface area contributed by atoms with Gasteiger partial charge in [0.15, 0.2) is 28.6 Å². The lowest BCUT2D eigenvalue weighted by Gasteiger charge is -2.18. The Labute approximate surface area is 598 Å². The van der Waals surface area contributed by atoms with Crippen LogP contribution in [0.5, 0.6) is 0 Å². The SMILES string of the molecule is CC(C)(C)c1ccc([I+]c2ccc(C(C)(C)C)cc2)cc1.CC(C)(C)c1ccc([I+]c2ccc(C(C)(C)C)cc2)cc1.CC(C)(C)c1ccc([I+]c2ccc(C(C)(C)C)cc2)cc1.CC(C)(C)c1ccc([I+]c2ccc(C(C)(C)C)cc2)cc1.CS(=O)(=O)[O-].[F-].[F-].[F-]. The molecule has 0 N–H and O–H groups in total. The predicted molar refractivity (Wildman–Crippen MR) is 366 cm³/mol. The highest BCUT2D eigenvalue weighted by atomic mass is 127.